The molecule has 13 heavy (non-hydrogen) atoms. The van der Waals surface area contributed by atoms with Gasteiger partial charge in [0.05, 0.1) is 0 Å². The van der Waals surface area contributed by atoms with Crippen LogP contribution in [0.4, 0.5) is 0 Å². The molecule has 0 heterocycles. The van der Waals surface area contributed by atoms with E-state index in [1.54, 1.807) is 7.11 Å². The monoisotopic (exact) mass is 180 g/mol. The van der Waals surface area contributed by atoms with Gasteiger partial charge in [0, 0.05) is 13.5 Å². The zero-order valence-corrected chi connectivity index (χ0v) is 7.53. The van der Waals surface area contributed by atoms with Gasteiger partial charge in [-0.3, -0.25) is 0 Å². The number of carbonyl (C=O) groups is 1. The highest BCUT2D eigenvalue weighted by atomic mass is 16.7. The second-order valence-electron chi connectivity index (χ2n) is 2.57. The number of rotatable bonds is 5. The number of hydrogen-bond acceptors (Lipinski definition) is 3. The van der Waals surface area contributed by atoms with Crippen molar-refractivity contribution in [2.45, 2.75) is 6.42 Å². The van der Waals surface area contributed by atoms with Gasteiger partial charge in [0.2, 0.25) is 0 Å². The molecular weight excluding hydrogens is 168 g/mol. The fourth-order valence-corrected chi connectivity index (χ4v) is 0.985. The fourth-order valence-electron chi connectivity index (χ4n) is 0.985. The van der Waals surface area contributed by atoms with Gasteiger partial charge in [0.15, 0.2) is 6.79 Å². The first kappa shape index (κ1) is 9.74. The predicted molar refractivity (Wildman–Crippen MR) is 48.7 cm³/mol. The number of benzene rings is 1. The van der Waals surface area contributed by atoms with Crippen molar-refractivity contribution in [2.75, 3.05) is 13.9 Å². The molecule has 0 aliphatic carbocycles. The summed E-state index contributed by atoms with van der Waals surface area (Å²) in [6, 6.07) is 7.39. The molecule has 0 radical (unpaired) electrons. The average molecular weight is 180 g/mol. The second-order valence-corrected chi connectivity index (χ2v) is 2.57. The van der Waals surface area contributed by atoms with E-state index in [1.807, 2.05) is 24.3 Å². The van der Waals surface area contributed by atoms with E-state index in [2.05, 4.69) is 0 Å². The number of hydrogen-bond donors (Lipinski definition) is 0. The molecular formula is C10H12O3. The van der Waals surface area contributed by atoms with Crippen molar-refractivity contribution in [2.24, 2.45) is 0 Å². The van der Waals surface area contributed by atoms with E-state index in [0.29, 0.717) is 6.42 Å². The lowest BCUT2D eigenvalue weighted by molar-refractivity contribution is -0.107. The standard InChI is InChI=1S/C10H12O3/c1-12-8-13-10-4-2-3-9(7-10)5-6-11/h2-4,6-7H,5,8H2,1H3. The molecule has 0 bridgehead atoms. The van der Waals surface area contributed by atoms with Crippen LogP contribution in [0.25, 0.3) is 0 Å². The summed E-state index contributed by atoms with van der Waals surface area (Å²) in [7, 11) is 1.56. The summed E-state index contributed by atoms with van der Waals surface area (Å²) in [5, 5.41) is 0. The first-order valence-corrected chi connectivity index (χ1v) is 4.01. The molecule has 0 amide bonds. The van der Waals surface area contributed by atoms with Gasteiger partial charge < -0.3 is 14.3 Å². The van der Waals surface area contributed by atoms with E-state index in [4.69, 9.17) is 9.47 Å². The van der Waals surface area contributed by atoms with Crippen LogP contribution < -0.4 is 4.74 Å². The van der Waals surface area contributed by atoms with E-state index in [-0.39, 0.29) is 6.79 Å². The lowest BCUT2D eigenvalue weighted by atomic mass is 10.2. The molecule has 0 saturated heterocycles. The maximum absolute atomic E-state index is 10.2. The molecule has 1 rings (SSSR count). The highest BCUT2D eigenvalue weighted by Crippen LogP contribution is 2.12. The topological polar surface area (TPSA) is 35.5 Å². The Kier molecular flexibility index (Phi) is 3.99. The molecule has 0 unspecified atom stereocenters. The Morgan fingerprint density at radius 1 is 1.46 bits per heavy atom. The Morgan fingerprint density at radius 3 is 3.00 bits per heavy atom. The van der Waals surface area contributed by atoms with Gasteiger partial charge in [-0.1, -0.05) is 12.1 Å². The molecule has 0 aromatic heterocycles. The third-order valence-electron chi connectivity index (χ3n) is 1.56. The van der Waals surface area contributed by atoms with E-state index in [9.17, 15) is 4.79 Å². The molecule has 0 aliphatic heterocycles. The zero-order valence-electron chi connectivity index (χ0n) is 7.53. The van der Waals surface area contributed by atoms with Crippen LogP contribution in [-0.2, 0) is 16.0 Å². The highest BCUT2D eigenvalue weighted by Gasteiger charge is 1.95. The quantitative estimate of drug-likeness (QED) is 0.507. The van der Waals surface area contributed by atoms with Gasteiger partial charge in [-0.05, 0) is 17.7 Å². The Hall–Kier alpha value is -1.35. The van der Waals surface area contributed by atoms with Crippen molar-refractivity contribution in [3.8, 4) is 5.75 Å². The van der Waals surface area contributed by atoms with Crippen molar-refractivity contribution >= 4 is 6.29 Å². The van der Waals surface area contributed by atoms with Gasteiger partial charge in [-0.15, -0.1) is 0 Å². The van der Waals surface area contributed by atoms with Gasteiger partial charge in [0.25, 0.3) is 0 Å². The Morgan fingerprint density at radius 2 is 2.31 bits per heavy atom. The van der Waals surface area contributed by atoms with E-state index < -0.39 is 0 Å². The van der Waals surface area contributed by atoms with Crippen LogP contribution in [-0.4, -0.2) is 20.2 Å². The largest absolute Gasteiger partial charge is 0.468 e. The zero-order chi connectivity index (χ0) is 9.52. The maximum Gasteiger partial charge on any atom is 0.188 e. The number of aldehydes is 1. The smallest absolute Gasteiger partial charge is 0.188 e. The lowest BCUT2D eigenvalue weighted by Gasteiger charge is -2.04. The third-order valence-corrected chi connectivity index (χ3v) is 1.56. The van der Waals surface area contributed by atoms with Crippen molar-refractivity contribution in [3.63, 3.8) is 0 Å². The molecule has 70 valence electrons. The lowest BCUT2D eigenvalue weighted by Crippen LogP contribution is -1.99. The Labute approximate surface area is 77.3 Å². The van der Waals surface area contributed by atoms with Crippen molar-refractivity contribution in [1.29, 1.82) is 0 Å². The molecule has 0 aliphatic rings. The van der Waals surface area contributed by atoms with Crippen molar-refractivity contribution < 1.29 is 14.3 Å². The molecule has 0 fully saturated rings. The first-order chi connectivity index (χ1) is 6.36. The van der Waals surface area contributed by atoms with Crippen LogP contribution in [0.1, 0.15) is 5.56 Å². The molecule has 1 aromatic rings. The first-order valence-electron chi connectivity index (χ1n) is 4.01. The average Bonchev–Trinajstić information content (AvgIpc) is 2.16. The predicted octanol–water partition coefficient (Wildman–Crippen LogP) is 1.41. The molecule has 0 saturated carbocycles. The van der Waals surface area contributed by atoms with Crippen LogP contribution in [0.3, 0.4) is 0 Å². The van der Waals surface area contributed by atoms with E-state index in [1.165, 1.54) is 0 Å². The molecule has 0 N–H and O–H groups in total. The Balaban J connectivity index is 2.61. The summed E-state index contributed by atoms with van der Waals surface area (Å²) in [6.45, 7) is 0.227. The van der Waals surface area contributed by atoms with Crippen LogP contribution in [0.5, 0.6) is 5.75 Å². The fraction of sp³-hybridized carbons (Fsp3) is 0.300. The van der Waals surface area contributed by atoms with Crippen LogP contribution in [0.15, 0.2) is 24.3 Å². The summed E-state index contributed by atoms with van der Waals surface area (Å²) in [4.78, 5) is 10.2. The second kappa shape index (κ2) is 5.32. The molecule has 1 aromatic carbocycles. The molecule has 0 atom stereocenters. The molecule has 0 spiro atoms. The normalized spacial score (nSPS) is 9.62. The highest BCUT2D eigenvalue weighted by molar-refractivity contribution is 5.55. The van der Waals surface area contributed by atoms with Crippen molar-refractivity contribution in [3.05, 3.63) is 29.8 Å². The third kappa shape index (κ3) is 3.25. The Bertz CT molecular complexity index is 271. The van der Waals surface area contributed by atoms with Gasteiger partial charge >= 0.3 is 0 Å². The minimum atomic E-state index is 0.227. The summed E-state index contributed by atoms with van der Waals surface area (Å²) >= 11 is 0. The van der Waals surface area contributed by atoms with Crippen LogP contribution in [0.2, 0.25) is 0 Å². The van der Waals surface area contributed by atoms with E-state index >= 15 is 0 Å². The maximum atomic E-state index is 10.2. The van der Waals surface area contributed by atoms with Crippen molar-refractivity contribution in [1.82, 2.24) is 0 Å². The molecule has 3 heteroatoms. The minimum Gasteiger partial charge on any atom is -0.468 e. The van der Waals surface area contributed by atoms with E-state index in [0.717, 1.165) is 17.6 Å². The van der Waals surface area contributed by atoms with Crippen LogP contribution >= 0.6 is 0 Å². The summed E-state index contributed by atoms with van der Waals surface area (Å²) in [6.07, 6.45) is 1.29. The summed E-state index contributed by atoms with van der Waals surface area (Å²) in [5.74, 6) is 0.723. The summed E-state index contributed by atoms with van der Waals surface area (Å²) < 4.78 is 9.96. The summed E-state index contributed by atoms with van der Waals surface area (Å²) in [5.41, 5.74) is 0.948. The number of ether oxygens (including phenoxy) is 2. The van der Waals surface area contributed by atoms with Gasteiger partial charge in [-0.2, -0.15) is 0 Å². The SMILES string of the molecule is COCOc1cccc(CC=O)c1. The van der Waals surface area contributed by atoms with Gasteiger partial charge in [-0.25, -0.2) is 0 Å². The molecule has 3 nitrogen and oxygen atoms in total. The minimum absolute atomic E-state index is 0.227. The number of methoxy groups -OCH3 is 1. The van der Waals surface area contributed by atoms with Gasteiger partial charge in [0.1, 0.15) is 12.0 Å². The van der Waals surface area contributed by atoms with Crippen LogP contribution in [0, 0.1) is 0 Å². The number of carbonyl (C=O) groups excluding carboxylic acids is 1.